The number of amides is 2. The summed E-state index contributed by atoms with van der Waals surface area (Å²) in [4.78, 5) is 45.1. The van der Waals surface area contributed by atoms with Gasteiger partial charge in [0.15, 0.2) is 14.1 Å². The minimum atomic E-state index is -2.47. The molecule has 10 saturated heterocycles. The summed E-state index contributed by atoms with van der Waals surface area (Å²) in [5, 5.41) is -0.147. The molecule has 0 aliphatic carbocycles. The van der Waals surface area contributed by atoms with Crippen molar-refractivity contribution in [2.45, 2.75) is 234 Å². The summed E-state index contributed by atoms with van der Waals surface area (Å²) >= 11 is 0. The van der Waals surface area contributed by atoms with E-state index in [9.17, 15) is 9.59 Å². The Hall–Kier alpha value is -3.41. The van der Waals surface area contributed by atoms with Gasteiger partial charge in [-0.15, -0.1) is 0 Å². The van der Waals surface area contributed by atoms with E-state index in [-0.39, 0.29) is 133 Å². The highest BCUT2D eigenvalue weighted by Gasteiger charge is 2.69. The molecule has 2 aromatic rings. The second-order valence-corrected chi connectivity index (χ2v) is 30.7. The quantitative estimate of drug-likeness (QED) is 0.141. The fourth-order valence-corrected chi connectivity index (χ4v) is 16.3. The minimum absolute atomic E-state index is 0.0123. The lowest BCUT2D eigenvalue weighted by molar-refractivity contribution is -0.292. The van der Waals surface area contributed by atoms with Gasteiger partial charge in [-0.2, -0.15) is 0 Å². The molecule has 12 bridgehead atoms. The van der Waals surface area contributed by atoms with Crippen molar-refractivity contribution in [2.24, 2.45) is 23.7 Å². The van der Waals surface area contributed by atoms with E-state index in [4.69, 9.17) is 42.3 Å². The molecule has 7 unspecified atom stereocenters. The Kier molecular flexibility index (Phi) is 14.0. The molecule has 13 rings (SSSR count). The number of carbonyl (C=O) groups is 3. The monoisotopic (exact) mass is 1050 g/mol. The molecule has 11 heterocycles. The Morgan fingerprint density at radius 3 is 2.12 bits per heavy atom. The molecule has 406 valence electrons. The minimum Gasteiger partial charge on any atom is -0.412 e. The van der Waals surface area contributed by atoms with Gasteiger partial charge in [0.1, 0.15) is 36.3 Å². The smallest absolute Gasteiger partial charge is 0.261 e. The van der Waals surface area contributed by atoms with Gasteiger partial charge in [-0.1, -0.05) is 90.2 Å². The molecule has 0 radical (unpaired) electrons. The average molecular weight is 1050 g/mol. The highest BCUT2D eigenvalue weighted by Crippen LogP contribution is 2.55. The Bertz CT molecular complexity index is 2490. The Morgan fingerprint density at radius 2 is 1.37 bits per heavy atom. The predicted molar refractivity (Wildman–Crippen MR) is 282 cm³/mol. The summed E-state index contributed by atoms with van der Waals surface area (Å²) < 4.78 is 63.6. The number of carbonyl (C=O) groups excluding carboxylic acids is 3. The third-order valence-electron chi connectivity index (χ3n) is 20.0. The summed E-state index contributed by atoms with van der Waals surface area (Å²) in [7, 11) is -2.47. The lowest BCUT2D eigenvalue weighted by atomic mass is 9.71. The van der Waals surface area contributed by atoms with Gasteiger partial charge >= 0.3 is 0 Å². The van der Waals surface area contributed by atoms with Crippen LogP contribution >= 0.6 is 0 Å². The molecule has 1 spiro atoms. The first-order valence-corrected chi connectivity index (χ1v) is 31.6. The van der Waals surface area contributed by atoms with E-state index in [2.05, 4.69) is 73.0 Å². The molecule has 10 fully saturated rings. The van der Waals surface area contributed by atoms with Crippen LogP contribution in [0.5, 0.6) is 0 Å². The van der Waals surface area contributed by atoms with Crippen molar-refractivity contribution in [3.05, 3.63) is 95.6 Å². The van der Waals surface area contributed by atoms with Crippen molar-refractivity contribution in [2.75, 3.05) is 6.54 Å². The molecular weight excluding hydrogens is 967 g/mol. The number of ether oxygens (including phenoxy) is 8. The van der Waals surface area contributed by atoms with Crippen LogP contribution in [0, 0.1) is 23.7 Å². The molecule has 14 heteroatoms. The molecule has 11 aliphatic heterocycles. The molecule has 0 N–H and O–H groups in total. The lowest BCUT2D eigenvalue weighted by Crippen LogP contribution is -2.61. The maximum absolute atomic E-state index is 15.8. The van der Waals surface area contributed by atoms with Gasteiger partial charge in [0.05, 0.1) is 78.7 Å². The van der Waals surface area contributed by atoms with Gasteiger partial charge in [-0.25, -0.2) is 0 Å². The van der Waals surface area contributed by atoms with E-state index in [1.807, 2.05) is 18.2 Å². The van der Waals surface area contributed by atoms with E-state index in [1.54, 1.807) is 24.3 Å². The average Bonchev–Trinajstić information content (AvgIpc) is 4.11. The second-order valence-electron chi connectivity index (χ2n) is 25.9. The zero-order valence-corrected chi connectivity index (χ0v) is 46.3. The van der Waals surface area contributed by atoms with Gasteiger partial charge in [0.25, 0.3) is 11.8 Å². The number of Topliss-reactive ketones (excluding diaryl/α,β-unsaturated/α-hetero) is 1. The van der Waals surface area contributed by atoms with Gasteiger partial charge in [0.2, 0.25) is 0 Å². The molecule has 2 aromatic carbocycles. The van der Waals surface area contributed by atoms with Crippen molar-refractivity contribution in [1.82, 2.24) is 4.90 Å². The van der Waals surface area contributed by atoms with Crippen molar-refractivity contribution < 1.29 is 56.7 Å². The van der Waals surface area contributed by atoms with Gasteiger partial charge in [-0.05, 0) is 110 Å². The van der Waals surface area contributed by atoms with Gasteiger partial charge in [-0.3, -0.25) is 19.3 Å². The second kappa shape index (κ2) is 20.0. The van der Waals surface area contributed by atoms with Crippen molar-refractivity contribution >= 4 is 25.9 Å². The number of ketones is 1. The van der Waals surface area contributed by atoms with Crippen LogP contribution in [0.25, 0.3) is 0 Å². The standard InChI is InChI=1S/C61H81NO12Si/c1-33-25-38-19-21-46-34(2)26-40(66-46)23-24-61-31-51-54(72-61)55-56(71-51)57(73-61)53-47(70-55)22-20-39(68-53)28-45(63)44(27-37-15-11-10-12-16-37)52-36(4)48(69-50(52)30-49(67-38)35(33)3)29-41(74-75(8,9)60(5,6)7)32-62-58(64)42-17-13-14-18-43(42)59(62)65/h10-18,33,36,38-41,44,46-57H,2-3,19-32H2,1,4-9H3/t33-,36+,38+,39?,40+,41+,44?,46?,47+,48-,49-,50?,51?,52?,53+,54+,55+,56-,57+,61?/m1/s1. The topological polar surface area (TPSA) is 138 Å². The van der Waals surface area contributed by atoms with E-state index in [0.29, 0.717) is 49.7 Å². The molecule has 75 heavy (non-hydrogen) atoms. The van der Waals surface area contributed by atoms with Crippen LogP contribution in [0.15, 0.2) is 78.9 Å². The number of rotatable bonds is 8. The number of nitrogens with zero attached hydrogens (tertiary/aromatic N) is 1. The first-order valence-electron chi connectivity index (χ1n) is 28.7. The van der Waals surface area contributed by atoms with Gasteiger partial charge in [0, 0.05) is 43.9 Å². The molecule has 20 atom stereocenters. The van der Waals surface area contributed by atoms with Crippen LogP contribution < -0.4 is 0 Å². The van der Waals surface area contributed by atoms with Crippen molar-refractivity contribution in [1.29, 1.82) is 0 Å². The number of benzene rings is 2. The Balaban J connectivity index is 0.887. The SMILES string of the molecule is C=C1C[C@@H]2CCC34CC5O[C@H]6[C@@H](O3)[C@H]3OC(CC[C@@H]3O[C@H]6[C@H]5O4)CC(=O)C(Cc3ccccc3)C3C(C[C@H]4O[C@@H](CCC1O2)C[C@@H](C)C4=C)O[C@H](C[C@@H](CN1C(=O)c2ccccc2C1=O)O[Si](C)(C)C(C)(C)C)[C@@H]3C. The molecule has 0 aromatic heterocycles. The Labute approximate surface area is 445 Å². The zero-order valence-electron chi connectivity index (χ0n) is 45.3. The largest absolute Gasteiger partial charge is 0.412 e. The summed E-state index contributed by atoms with van der Waals surface area (Å²) in [5.74, 6) is -1.84. The number of hydrogen-bond donors (Lipinski definition) is 0. The van der Waals surface area contributed by atoms with Crippen molar-refractivity contribution in [3.8, 4) is 0 Å². The molecule has 11 aliphatic rings. The fourth-order valence-electron chi connectivity index (χ4n) is 14.9. The van der Waals surface area contributed by atoms with Crippen LogP contribution in [-0.2, 0) is 53.5 Å². The molecular formula is C61H81NO12Si. The van der Waals surface area contributed by atoms with E-state index in [0.717, 1.165) is 55.2 Å². The van der Waals surface area contributed by atoms with E-state index >= 15 is 4.79 Å². The van der Waals surface area contributed by atoms with E-state index < -0.39 is 32.2 Å². The highest BCUT2D eigenvalue weighted by atomic mass is 28.4. The third kappa shape index (κ3) is 9.75. The first kappa shape index (κ1) is 52.3. The molecule has 2 amide bonds. The first-order chi connectivity index (χ1) is 35.8. The van der Waals surface area contributed by atoms with Crippen LogP contribution in [0.2, 0.25) is 18.1 Å². The number of imide groups is 1. The Morgan fingerprint density at radius 1 is 0.707 bits per heavy atom. The fraction of sp³-hybridized carbons (Fsp3) is 0.689. The highest BCUT2D eigenvalue weighted by molar-refractivity contribution is 6.74. The normalized spacial score (nSPS) is 42.2. The van der Waals surface area contributed by atoms with E-state index in [1.165, 1.54) is 4.90 Å². The summed E-state index contributed by atoms with van der Waals surface area (Å²) in [6.07, 6.45) is 4.77. The maximum Gasteiger partial charge on any atom is 0.261 e. The molecule has 0 saturated carbocycles. The van der Waals surface area contributed by atoms with Gasteiger partial charge < -0.3 is 42.3 Å². The van der Waals surface area contributed by atoms with Crippen LogP contribution in [0.4, 0.5) is 0 Å². The zero-order chi connectivity index (χ0) is 52.3. The van der Waals surface area contributed by atoms with Crippen LogP contribution in [-0.4, -0.2) is 135 Å². The number of hydrogen-bond acceptors (Lipinski definition) is 12. The predicted octanol–water partition coefficient (Wildman–Crippen LogP) is 9.89. The maximum atomic E-state index is 15.8. The van der Waals surface area contributed by atoms with Crippen LogP contribution in [0.3, 0.4) is 0 Å². The van der Waals surface area contributed by atoms with Crippen molar-refractivity contribution in [3.63, 3.8) is 0 Å². The lowest BCUT2D eigenvalue weighted by Gasteiger charge is -2.47. The third-order valence-corrected chi connectivity index (χ3v) is 24.5. The number of fused-ring (bicyclic) bond motifs is 7. The summed E-state index contributed by atoms with van der Waals surface area (Å²) in [5.41, 5.74) is 4.10. The summed E-state index contributed by atoms with van der Waals surface area (Å²) in [6, 6.07) is 17.4. The molecule has 13 nitrogen and oxygen atoms in total. The van der Waals surface area contributed by atoms with Crippen LogP contribution in [0.1, 0.15) is 138 Å². The summed E-state index contributed by atoms with van der Waals surface area (Å²) in [6.45, 7) is 24.8.